The van der Waals surface area contributed by atoms with Crippen LogP contribution in [0.2, 0.25) is 0 Å². The van der Waals surface area contributed by atoms with Gasteiger partial charge in [-0.15, -0.1) is 0 Å². The third kappa shape index (κ3) is 3.61. The van der Waals surface area contributed by atoms with Gasteiger partial charge in [-0.3, -0.25) is 14.7 Å². The molecular formula is C20H25N3O2. The standard InChI is InChI=1S/C20H25N3O2/c24-20(22-17-6-3-8-19-16(17)9-12-25-19)18-7-1-2-11-23(18)14-15-5-4-10-21-13-15/h4-5,9-10,12-13,17-18H,1-3,6-8,11,14H2,(H,22,24)/t17-,18-/m1/s1. The highest BCUT2D eigenvalue weighted by molar-refractivity contribution is 5.82. The molecule has 2 aromatic heterocycles. The zero-order valence-corrected chi connectivity index (χ0v) is 14.5. The quantitative estimate of drug-likeness (QED) is 0.929. The summed E-state index contributed by atoms with van der Waals surface area (Å²) in [5.41, 5.74) is 2.33. The van der Waals surface area contributed by atoms with Crippen molar-refractivity contribution in [3.63, 3.8) is 0 Å². The lowest BCUT2D eigenvalue weighted by atomic mass is 9.92. The summed E-state index contributed by atoms with van der Waals surface area (Å²) in [5.74, 6) is 1.19. The van der Waals surface area contributed by atoms with Crippen LogP contribution in [0.5, 0.6) is 0 Å². The summed E-state index contributed by atoms with van der Waals surface area (Å²) in [4.78, 5) is 19.5. The van der Waals surface area contributed by atoms with Gasteiger partial charge in [0.1, 0.15) is 5.76 Å². The number of pyridine rings is 1. The monoisotopic (exact) mass is 339 g/mol. The fraction of sp³-hybridized carbons (Fsp3) is 0.500. The molecule has 25 heavy (non-hydrogen) atoms. The Morgan fingerprint density at radius 1 is 1.28 bits per heavy atom. The molecule has 0 radical (unpaired) electrons. The van der Waals surface area contributed by atoms with E-state index < -0.39 is 0 Å². The van der Waals surface area contributed by atoms with Crippen molar-refractivity contribution in [2.45, 2.75) is 57.2 Å². The van der Waals surface area contributed by atoms with Gasteiger partial charge in [0.15, 0.2) is 0 Å². The first-order valence-corrected chi connectivity index (χ1v) is 9.31. The maximum absolute atomic E-state index is 13.0. The number of carbonyl (C=O) groups is 1. The van der Waals surface area contributed by atoms with Gasteiger partial charge in [-0.2, -0.15) is 0 Å². The summed E-state index contributed by atoms with van der Waals surface area (Å²) in [6.45, 7) is 1.75. The van der Waals surface area contributed by atoms with Crippen LogP contribution >= 0.6 is 0 Å². The second kappa shape index (κ2) is 7.40. The number of rotatable bonds is 4. The smallest absolute Gasteiger partial charge is 0.237 e. The summed E-state index contributed by atoms with van der Waals surface area (Å²) in [6, 6.07) is 6.09. The second-order valence-electron chi connectivity index (χ2n) is 7.10. The Bertz CT molecular complexity index is 713. The van der Waals surface area contributed by atoms with E-state index in [0.717, 1.165) is 68.5 Å². The minimum atomic E-state index is -0.0498. The van der Waals surface area contributed by atoms with E-state index in [-0.39, 0.29) is 18.0 Å². The topological polar surface area (TPSA) is 58.4 Å². The van der Waals surface area contributed by atoms with Crippen LogP contribution in [0.1, 0.15) is 55.0 Å². The van der Waals surface area contributed by atoms with Crippen LogP contribution in [-0.2, 0) is 17.8 Å². The van der Waals surface area contributed by atoms with Crippen molar-refractivity contribution in [2.24, 2.45) is 0 Å². The maximum atomic E-state index is 13.0. The number of nitrogens with zero attached hydrogens (tertiary/aromatic N) is 2. The molecule has 1 fully saturated rings. The second-order valence-corrected chi connectivity index (χ2v) is 7.10. The number of likely N-dealkylation sites (tertiary alicyclic amines) is 1. The number of amides is 1. The van der Waals surface area contributed by atoms with Crippen molar-refractivity contribution in [3.8, 4) is 0 Å². The van der Waals surface area contributed by atoms with E-state index in [1.54, 1.807) is 12.5 Å². The molecule has 1 aliphatic carbocycles. The molecule has 0 aromatic carbocycles. The number of furan rings is 1. The Balaban J connectivity index is 1.45. The summed E-state index contributed by atoms with van der Waals surface area (Å²) in [6.07, 6.45) is 11.6. The van der Waals surface area contributed by atoms with Gasteiger partial charge in [0.2, 0.25) is 5.91 Å². The van der Waals surface area contributed by atoms with Crippen LogP contribution < -0.4 is 5.32 Å². The molecule has 2 aliphatic rings. The molecule has 1 amide bonds. The van der Waals surface area contributed by atoms with Gasteiger partial charge in [-0.25, -0.2) is 0 Å². The number of hydrogen-bond acceptors (Lipinski definition) is 4. The first kappa shape index (κ1) is 16.3. The lowest BCUT2D eigenvalue weighted by molar-refractivity contribution is -0.128. The van der Waals surface area contributed by atoms with Gasteiger partial charge in [-0.1, -0.05) is 12.5 Å². The molecule has 1 N–H and O–H groups in total. The number of nitrogens with one attached hydrogen (secondary N) is 1. The number of carbonyl (C=O) groups excluding carboxylic acids is 1. The first-order chi connectivity index (χ1) is 12.3. The van der Waals surface area contributed by atoms with Gasteiger partial charge in [0, 0.05) is 30.9 Å². The first-order valence-electron chi connectivity index (χ1n) is 9.31. The van der Waals surface area contributed by atoms with Gasteiger partial charge in [0.25, 0.3) is 0 Å². The van der Waals surface area contributed by atoms with E-state index in [9.17, 15) is 4.79 Å². The molecule has 3 heterocycles. The number of piperidine rings is 1. The molecule has 132 valence electrons. The lowest BCUT2D eigenvalue weighted by Crippen LogP contribution is -2.50. The predicted molar refractivity (Wildman–Crippen MR) is 94.8 cm³/mol. The third-order valence-electron chi connectivity index (χ3n) is 5.39. The molecule has 2 aromatic rings. The molecule has 0 bridgehead atoms. The number of aryl methyl sites for hydroxylation is 1. The van der Waals surface area contributed by atoms with Crippen LogP contribution in [0.4, 0.5) is 0 Å². The fourth-order valence-electron chi connectivity index (χ4n) is 4.11. The van der Waals surface area contributed by atoms with Crippen molar-refractivity contribution in [1.82, 2.24) is 15.2 Å². The minimum absolute atomic E-state index is 0.0498. The molecule has 1 aliphatic heterocycles. The highest BCUT2D eigenvalue weighted by Crippen LogP contribution is 2.31. The van der Waals surface area contributed by atoms with E-state index >= 15 is 0 Å². The zero-order valence-electron chi connectivity index (χ0n) is 14.5. The van der Waals surface area contributed by atoms with Crippen molar-refractivity contribution in [2.75, 3.05) is 6.54 Å². The average molecular weight is 339 g/mol. The summed E-state index contributed by atoms with van der Waals surface area (Å²) in [5, 5.41) is 3.29. The average Bonchev–Trinajstić information content (AvgIpc) is 3.13. The van der Waals surface area contributed by atoms with Crippen molar-refractivity contribution in [3.05, 3.63) is 53.7 Å². The predicted octanol–water partition coefficient (Wildman–Crippen LogP) is 3.22. The minimum Gasteiger partial charge on any atom is -0.469 e. The normalized spacial score (nSPS) is 23.8. The van der Waals surface area contributed by atoms with Crippen LogP contribution in [0.3, 0.4) is 0 Å². The van der Waals surface area contributed by atoms with Crippen molar-refractivity contribution < 1.29 is 9.21 Å². The van der Waals surface area contributed by atoms with E-state index in [1.165, 1.54) is 0 Å². The van der Waals surface area contributed by atoms with E-state index in [4.69, 9.17) is 4.42 Å². The van der Waals surface area contributed by atoms with Crippen molar-refractivity contribution in [1.29, 1.82) is 0 Å². The van der Waals surface area contributed by atoms with Gasteiger partial charge < -0.3 is 9.73 Å². The molecule has 2 atom stereocenters. The number of fused-ring (bicyclic) bond motifs is 1. The third-order valence-corrected chi connectivity index (χ3v) is 5.39. The summed E-state index contributed by atoms with van der Waals surface area (Å²) in [7, 11) is 0. The van der Waals surface area contributed by atoms with Crippen LogP contribution in [-0.4, -0.2) is 28.4 Å². The Labute approximate surface area is 148 Å². The van der Waals surface area contributed by atoms with Gasteiger partial charge in [-0.05, 0) is 49.9 Å². The van der Waals surface area contributed by atoms with Gasteiger partial charge in [0.05, 0.1) is 18.3 Å². The highest BCUT2D eigenvalue weighted by atomic mass is 16.3. The number of aromatic nitrogens is 1. The van der Waals surface area contributed by atoms with Crippen LogP contribution in [0, 0.1) is 0 Å². The molecule has 1 saturated heterocycles. The largest absolute Gasteiger partial charge is 0.469 e. The maximum Gasteiger partial charge on any atom is 0.237 e. The van der Waals surface area contributed by atoms with Gasteiger partial charge >= 0.3 is 0 Å². The van der Waals surface area contributed by atoms with Crippen molar-refractivity contribution >= 4 is 5.91 Å². The van der Waals surface area contributed by atoms with E-state index in [1.807, 2.05) is 18.3 Å². The highest BCUT2D eigenvalue weighted by Gasteiger charge is 2.32. The number of hydrogen-bond donors (Lipinski definition) is 1. The zero-order chi connectivity index (χ0) is 17.1. The lowest BCUT2D eigenvalue weighted by Gasteiger charge is -2.36. The molecule has 4 rings (SSSR count). The molecule has 0 spiro atoms. The summed E-state index contributed by atoms with van der Waals surface area (Å²) < 4.78 is 5.54. The van der Waals surface area contributed by atoms with Crippen LogP contribution in [0.25, 0.3) is 0 Å². The molecule has 5 nitrogen and oxygen atoms in total. The van der Waals surface area contributed by atoms with E-state index in [2.05, 4.69) is 21.3 Å². The van der Waals surface area contributed by atoms with E-state index in [0.29, 0.717) is 0 Å². The molecule has 0 saturated carbocycles. The molecule has 5 heteroatoms. The molecular weight excluding hydrogens is 314 g/mol. The summed E-state index contributed by atoms with van der Waals surface area (Å²) >= 11 is 0. The Kier molecular flexibility index (Phi) is 4.83. The Hall–Kier alpha value is -2.14. The fourth-order valence-corrected chi connectivity index (χ4v) is 4.11. The Morgan fingerprint density at radius 2 is 2.24 bits per heavy atom. The Morgan fingerprint density at radius 3 is 3.12 bits per heavy atom. The van der Waals surface area contributed by atoms with Crippen LogP contribution in [0.15, 0.2) is 41.3 Å². The SMILES string of the molecule is O=C(N[C@@H]1CCCc2occc21)[C@H]1CCCCN1Cc1cccnc1. The molecule has 0 unspecified atom stereocenters.